The summed E-state index contributed by atoms with van der Waals surface area (Å²) in [5.41, 5.74) is 1.33. The number of hydrogen-bond acceptors (Lipinski definition) is 6. The molecule has 0 fully saturated rings. The molecule has 1 aliphatic rings. The highest BCUT2D eigenvalue weighted by Crippen LogP contribution is 2.43. The summed E-state index contributed by atoms with van der Waals surface area (Å²) in [4.78, 5) is 25.5. The third-order valence-electron chi connectivity index (χ3n) is 5.51. The Morgan fingerprint density at radius 2 is 2.03 bits per heavy atom. The van der Waals surface area contributed by atoms with Crippen LogP contribution in [0.15, 0.2) is 18.2 Å². The second kappa shape index (κ2) is 8.87. The van der Waals surface area contributed by atoms with Crippen LogP contribution in [-0.2, 0) is 22.4 Å². The standard InChI is InChI=1S/C23H22FN3O3S/c1-23(2,3)14-5-7-15-17(11-26)21(31-19(15)9-14)27-20(28)12-30-22(29)16-6-4-13(10-25)8-18(16)24/h4,6,8,14H,5,7,9,12H2,1-3H3,(H,27,28). The minimum absolute atomic E-state index is 0.0752. The first-order valence-corrected chi connectivity index (χ1v) is 10.7. The van der Waals surface area contributed by atoms with Gasteiger partial charge in [0.25, 0.3) is 5.91 Å². The number of hydrogen-bond donors (Lipinski definition) is 1. The molecule has 8 heteroatoms. The molecule has 6 nitrogen and oxygen atoms in total. The van der Waals surface area contributed by atoms with Gasteiger partial charge in [-0.05, 0) is 54.4 Å². The Balaban J connectivity index is 1.66. The van der Waals surface area contributed by atoms with Crippen molar-refractivity contribution in [3.8, 4) is 12.1 Å². The van der Waals surface area contributed by atoms with Crippen LogP contribution in [0.2, 0.25) is 0 Å². The maximum absolute atomic E-state index is 13.9. The molecule has 0 spiro atoms. The first kappa shape index (κ1) is 22.5. The summed E-state index contributed by atoms with van der Waals surface area (Å²) in [6.07, 6.45) is 2.64. The molecular formula is C23H22FN3O3S. The Morgan fingerprint density at radius 1 is 1.29 bits per heavy atom. The number of ether oxygens (including phenoxy) is 1. The highest BCUT2D eigenvalue weighted by molar-refractivity contribution is 7.16. The number of carbonyl (C=O) groups excluding carboxylic acids is 2. The highest BCUT2D eigenvalue weighted by atomic mass is 32.1. The molecule has 0 saturated heterocycles. The van der Waals surface area contributed by atoms with Gasteiger partial charge in [-0.15, -0.1) is 11.3 Å². The van der Waals surface area contributed by atoms with Crippen LogP contribution in [0.1, 0.15) is 59.1 Å². The molecule has 160 valence electrons. The molecule has 0 aliphatic heterocycles. The fourth-order valence-corrected chi connectivity index (χ4v) is 4.95. The maximum Gasteiger partial charge on any atom is 0.341 e. The Kier molecular flexibility index (Phi) is 6.42. The first-order valence-electron chi connectivity index (χ1n) is 9.85. The van der Waals surface area contributed by atoms with Crippen molar-refractivity contribution >= 4 is 28.2 Å². The van der Waals surface area contributed by atoms with Gasteiger partial charge in [0.1, 0.15) is 16.9 Å². The largest absolute Gasteiger partial charge is 0.452 e. The maximum atomic E-state index is 13.9. The second-order valence-electron chi connectivity index (χ2n) is 8.56. The lowest BCUT2D eigenvalue weighted by Gasteiger charge is -2.33. The third kappa shape index (κ3) is 4.92. The predicted octanol–water partition coefficient (Wildman–Crippen LogP) is 4.58. The molecule has 1 aromatic heterocycles. The van der Waals surface area contributed by atoms with Gasteiger partial charge in [0.2, 0.25) is 0 Å². The lowest BCUT2D eigenvalue weighted by molar-refractivity contribution is -0.119. The molecule has 31 heavy (non-hydrogen) atoms. The quantitative estimate of drug-likeness (QED) is 0.703. The van der Waals surface area contributed by atoms with Gasteiger partial charge in [-0.3, -0.25) is 4.79 Å². The van der Waals surface area contributed by atoms with E-state index in [1.807, 2.05) is 0 Å². The number of anilines is 1. The Morgan fingerprint density at radius 3 is 2.65 bits per heavy atom. The Labute approximate surface area is 184 Å². The van der Waals surface area contributed by atoms with Crippen molar-refractivity contribution in [1.29, 1.82) is 10.5 Å². The molecular weight excluding hydrogens is 417 g/mol. The molecule has 0 radical (unpaired) electrons. The number of nitriles is 2. The topological polar surface area (TPSA) is 103 Å². The van der Waals surface area contributed by atoms with Crippen molar-refractivity contribution in [1.82, 2.24) is 0 Å². The summed E-state index contributed by atoms with van der Waals surface area (Å²) in [6.45, 7) is 6.00. The lowest BCUT2D eigenvalue weighted by Crippen LogP contribution is -2.26. The fourth-order valence-electron chi connectivity index (χ4n) is 3.65. The van der Waals surface area contributed by atoms with E-state index in [-0.39, 0.29) is 16.5 Å². The number of nitrogens with one attached hydrogen (secondary N) is 1. The number of thiophene rings is 1. The van der Waals surface area contributed by atoms with Gasteiger partial charge in [-0.25, -0.2) is 9.18 Å². The average molecular weight is 440 g/mol. The fraction of sp³-hybridized carbons (Fsp3) is 0.391. The number of fused-ring (bicyclic) bond motifs is 1. The van der Waals surface area contributed by atoms with E-state index in [1.54, 1.807) is 6.07 Å². The van der Waals surface area contributed by atoms with Crippen LogP contribution >= 0.6 is 11.3 Å². The van der Waals surface area contributed by atoms with E-state index in [9.17, 15) is 19.2 Å². The molecule has 3 rings (SSSR count). The van der Waals surface area contributed by atoms with Crippen LogP contribution in [0.3, 0.4) is 0 Å². The second-order valence-corrected chi connectivity index (χ2v) is 9.66. The van der Waals surface area contributed by atoms with E-state index in [0.717, 1.165) is 41.8 Å². The van der Waals surface area contributed by atoms with Gasteiger partial charge in [0.05, 0.1) is 22.8 Å². The summed E-state index contributed by atoms with van der Waals surface area (Å²) in [7, 11) is 0. The number of halogens is 1. The van der Waals surface area contributed by atoms with Crippen LogP contribution in [0.25, 0.3) is 0 Å². The van der Waals surface area contributed by atoms with Crippen LogP contribution in [0, 0.1) is 39.8 Å². The van der Waals surface area contributed by atoms with Crippen molar-refractivity contribution < 1.29 is 18.7 Å². The Hall–Kier alpha value is -3.23. The minimum atomic E-state index is -1.00. The minimum Gasteiger partial charge on any atom is -0.452 e. The van der Waals surface area contributed by atoms with Crippen LogP contribution < -0.4 is 5.32 Å². The number of esters is 1. The summed E-state index contributed by atoms with van der Waals surface area (Å²) in [5, 5.41) is 21.5. The zero-order valence-electron chi connectivity index (χ0n) is 17.5. The summed E-state index contributed by atoms with van der Waals surface area (Å²) in [6, 6.07) is 7.31. The number of carbonyl (C=O) groups is 2. The number of amides is 1. The van der Waals surface area contributed by atoms with Gasteiger partial charge in [-0.2, -0.15) is 10.5 Å². The summed E-state index contributed by atoms with van der Waals surface area (Å²) in [5.74, 6) is -2.01. The molecule has 1 heterocycles. The van der Waals surface area contributed by atoms with Gasteiger partial charge in [0.15, 0.2) is 6.61 Å². The number of nitrogens with zero attached hydrogens (tertiary/aromatic N) is 2. The van der Waals surface area contributed by atoms with E-state index in [0.29, 0.717) is 16.5 Å². The van der Waals surface area contributed by atoms with Crippen molar-refractivity contribution in [2.24, 2.45) is 11.3 Å². The van der Waals surface area contributed by atoms with Crippen LogP contribution in [0.4, 0.5) is 9.39 Å². The lowest BCUT2D eigenvalue weighted by atomic mass is 9.72. The molecule has 1 amide bonds. The summed E-state index contributed by atoms with van der Waals surface area (Å²) >= 11 is 1.39. The molecule has 1 atom stereocenters. The van der Waals surface area contributed by atoms with Crippen LogP contribution in [-0.4, -0.2) is 18.5 Å². The smallest absolute Gasteiger partial charge is 0.341 e. The molecule has 1 unspecified atom stereocenters. The third-order valence-corrected chi connectivity index (χ3v) is 6.68. The molecule has 0 saturated carbocycles. The zero-order chi connectivity index (χ0) is 22.8. The zero-order valence-corrected chi connectivity index (χ0v) is 18.4. The van der Waals surface area contributed by atoms with Gasteiger partial charge in [0, 0.05) is 4.88 Å². The molecule has 1 aromatic carbocycles. The van der Waals surface area contributed by atoms with Crippen molar-refractivity contribution in [2.75, 3.05) is 11.9 Å². The first-order chi connectivity index (χ1) is 14.6. The van der Waals surface area contributed by atoms with E-state index < -0.39 is 24.3 Å². The van der Waals surface area contributed by atoms with E-state index in [4.69, 9.17) is 10.00 Å². The van der Waals surface area contributed by atoms with Gasteiger partial charge in [-0.1, -0.05) is 20.8 Å². The van der Waals surface area contributed by atoms with E-state index in [1.165, 1.54) is 17.4 Å². The monoisotopic (exact) mass is 439 g/mol. The van der Waals surface area contributed by atoms with Crippen LogP contribution in [0.5, 0.6) is 0 Å². The predicted molar refractivity (Wildman–Crippen MR) is 114 cm³/mol. The number of rotatable bonds is 4. The molecule has 2 aromatic rings. The van der Waals surface area contributed by atoms with Crippen molar-refractivity contribution in [3.63, 3.8) is 0 Å². The molecule has 1 aliphatic carbocycles. The number of benzene rings is 1. The molecule has 1 N–H and O–H groups in total. The Bertz CT molecular complexity index is 1120. The molecule has 0 bridgehead atoms. The summed E-state index contributed by atoms with van der Waals surface area (Å²) < 4.78 is 18.8. The van der Waals surface area contributed by atoms with Gasteiger partial charge < -0.3 is 10.1 Å². The highest BCUT2D eigenvalue weighted by Gasteiger charge is 2.32. The van der Waals surface area contributed by atoms with E-state index >= 15 is 0 Å². The van der Waals surface area contributed by atoms with Gasteiger partial charge >= 0.3 is 5.97 Å². The SMILES string of the molecule is CC(C)(C)C1CCc2c(sc(NC(=O)COC(=O)c3ccc(C#N)cc3F)c2C#N)C1. The average Bonchev–Trinajstić information content (AvgIpc) is 3.07. The normalized spacial score (nSPS) is 15.4. The van der Waals surface area contributed by atoms with Crippen molar-refractivity contribution in [3.05, 3.63) is 51.1 Å². The van der Waals surface area contributed by atoms with Crippen molar-refractivity contribution in [2.45, 2.75) is 40.0 Å². The van der Waals surface area contributed by atoms with E-state index in [2.05, 4.69) is 32.2 Å².